The molecular formula is C14H18O6S. The van der Waals surface area contributed by atoms with Gasteiger partial charge in [0.05, 0.1) is 5.75 Å². The van der Waals surface area contributed by atoms with E-state index in [-0.39, 0.29) is 23.5 Å². The van der Waals surface area contributed by atoms with Crippen molar-refractivity contribution in [2.45, 2.75) is 45.8 Å². The highest BCUT2D eigenvalue weighted by atomic mass is 32.2. The Labute approximate surface area is 123 Å². The molecule has 0 saturated carbocycles. The second-order valence-corrected chi connectivity index (χ2v) is 8.53. The summed E-state index contributed by atoms with van der Waals surface area (Å²) in [6, 6.07) is 0. The van der Waals surface area contributed by atoms with E-state index in [4.69, 9.17) is 9.47 Å². The predicted molar refractivity (Wildman–Crippen MR) is 72.5 cm³/mol. The summed E-state index contributed by atoms with van der Waals surface area (Å²) in [5.74, 6) is -3.29. The van der Waals surface area contributed by atoms with Crippen LogP contribution in [0.2, 0.25) is 0 Å². The molecule has 21 heavy (non-hydrogen) atoms. The summed E-state index contributed by atoms with van der Waals surface area (Å²) in [7, 11) is -3.38. The van der Waals surface area contributed by atoms with Crippen molar-refractivity contribution in [3.8, 4) is 0 Å². The number of carbonyl (C=O) groups excluding carboxylic acids is 2. The van der Waals surface area contributed by atoms with Crippen molar-refractivity contribution in [1.29, 1.82) is 0 Å². The Hall–Kier alpha value is -1.37. The van der Waals surface area contributed by atoms with Crippen molar-refractivity contribution < 1.29 is 27.5 Å². The van der Waals surface area contributed by atoms with Gasteiger partial charge in [0.1, 0.15) is 0 Å². The molecule has 1 spiro atoms. The summed E-state index contributed by atoms with van der Waals surface area (Å²) in [5.41, 5.74) is -0.748. The molecular weight excluding hydrogens is 296 g/mol. The summed E-state index contributed by atoms with van der Waals surface area (Å²) < 4.78 is 34.9. The second-order valence-electron chi connectivity index (χ2n) is 6.45. The molecule has 2 saturated heterocycles. The fourth-order valence-corrected chi connectivity index (χ4v) is 5.82. The maximum atomic E-state index is 12.5. The molecule has 0 radical (unpaired) electrons. The van der Waals surface area contributed by atoms with Crippen LogP contribution in [-0.2, 0) is 28.9 Å². The second kappa shape index (κ2) is 4.09. The third kappa shape index (κ3) is 1.86. The summed E-state index contributed by atoms with van der Waals surface area (Å²) in [6.07, 6.45) is 0.894. The number of hydrogen-bond acceptors (Lipinski definition) is 6. The lowest BCUT2D eigenvalue weighted by molar-refractivity contribution is -0.255. The van der Waals surface area contributed by atoms with Crippen molar-refractivity contribution in [3.63, 3.8) is 0 Å². The minimum atomic E-state index is -3.38. The summed E-state index contributed by atoms with van der Waals surface area (Å²) in [6.45, 7) is 4.74. The molecule has 1 unspecified atom stereocenters. The molecule has 0 bridgehead atoms. The third-order valence-electron chi connectivity index (χ3n) is 4.64. The van der Waals surface area contributed by atoms with E-state index in [2.05, 4.69) is 0 Å². The van der Waals surface area contributed by atoms with Gasteiger partial charge in [-0.3, -0.25) is 9.59 Å². The van der Waals surface area contributed by atoms with E-state index in [1.807, 2.05) is 0 Å². The highest BCUT2D eigenvalue weighted by molar-refractivity contribution is 7.95. The SMILES string of the molecule is CC1=C2C(CCS2(=O)=O)C2(CC1)C(=O)OC(C)(C)OC2=O. The number of fused-ring (bicyclic) bond motifs is 2. The zero-order valence-corrected chi connectivity index (χ0v) is 13.1. The molecule has 0 aromatic heterocycles. The van der Waals surface area contributed by atoms with Gasteiger partial charge in [0.15, 0.2) is 15.3 Å². The monoisotopic (exact) mass is 314 g/mol. The number of rotatable bonds is 0. The highest BCUT2D eigenvalue weighted by Crippen LogP contribution is 2.54. The van der Waals surface area contributed by atoms with E-state index in [1.165, 1.54) is 13.8 Å². The lowest BCUT2D eigenvalue weighted by Gasteiger charge is -2.45. The molecule has 0 N–H and O–H groups in total. The van der Waals surface area contributed by atoms with Crippen LogP contribution in [-0.4, -0.2) is 31.9 Å². The first kappa shape index (κ1) is 14.6. The van der Waals surface area contributed by atoms with Gasteiger partial charge in [0.25, 0.3) is 5.79 Å². The minimum Gasteiger partial charge on any atom is -0.422 e. The Balaban J connectivity index is 2.13. The first-order valence-electron chi connectivity index (χ1n) is 6.99. The van der Waals surface area contributed by atoms with Gasteiger partial charge in [-0.25, -0.2) is 8.42 Å². The quantitative estimate of drug-likeness (QED) is 0.495. The fourth-order valence-electron chi connectivity index (χ4n) is 3.67. The number of ether oxygens (including phenoxy) is 2. The van der Waals surface area contributed by atoms with E-state index in [0.717, 1.165) is 5.57 Å². The smallest absolute Gasteiger partial charge is 0.327 e. The van der Waals surface area contributed by atoms with Crippen molar-refractivity contribution in [1.82, 2.24) is 0 Å². The number of esters is 2. The zero-order valence-electron chi connectivity index (χ0n) is 12.3. The molecule has 116 valence electrons. The van der Waals surface area contributed by atoms with E-state index in [0.29, 0.717) is 6.42 Å². The molecule has 2 aliphatic heterocycles. The van der Waals surface area contributed by atoms with Gasteiger partial charge >= 0.3 is 11.9 Å². The summed E-state index contributed by atoms with van der Waals surface area (Å²) >= 11 is 0. The fraction of sp³-hybridized carbons (Fsp3) is 0.714. The van der Waals surface area contributed by atoms with E-state index in [1.54, 1.807) is 6.92 Å². The molecule has 7 heteroatoms. The number of allylic oxidation sites excluding steroid dienone is 2. The van der Waals surface area contributed by atoms with Gasteiger partial charge in [-0.2, -0.15) is 0 Å². The first-order chi connectivity index (χ1) is 9.60. The van der Waals surface area contributed by atoms with Gasteiger partial charge in [-0.15, -0.1) is 0 Å². The Bertz CT molecular complexity index is 650. The number of cyclic esters (lactones) is 2. The van der Waals surface area contributed by atoms with Gasteiger partial charge in [-0.1, -0.05) is 5.57 Å². The molecule has 1 aliphatic carbocycles. The van der Waals surface area contributed by atoms with Crippen LogP contribution in [0, 0.1) is 11.3 Å². The van der Waals surface area contributed by atoms with E-state index < -0.39 is 38.9 Å². The molecule has 1 atom stereocenters. The maximum Gasteiger partial charge on any atom is 0.327 e. The summed E-state index contributed by atoms with van der Waals surface area (Å²) in [4.78, 5) is 25.3. The van der Waals surface area contributed by atoms with Crippen LogP contribution in [0.25, 0.3) is 0 Å². The van der Waals surface area contributed by atoms with Crippen LogP contribution in [0.4, 0.5) is 0 Å². The molecule has 2 heterocycles. The van der Waals surface area contributed by atoms with Crippen LogP contribution in [0.15, 0.2) is 10.5 Å². The molecule has 0 amide bonds. The van der Waals surface area contributed by atoms with Crippen LogP contribution in [0.1, 0.15) is 40.0 Å². The van der Waals surface area contributed by atoms with Gasteiger partial charge in [0.2, 0.25) is 0 Å². The highest BCUT2D eigenvalue weighted by Gasteiger charge is 2.65. The average Bonchev–Trinajstić information content (AvgIpc) is 2.64. The van der Waals surface area contributed by atoms with Crippen LogP contribution < -0.4 is 0 Å². The standard InChI is InChI=1S/C14H18O6S/c1-8-4-6-14(9-5-7-21(17,18)10(8)9)11(15)19-13(2,3)20-12(14)16/h9H,4-7H2,1-3H3. The largest absolute Gasteiger partial charge is 0.422 e. The van der Waals surface area contributed by atoms with Gasteiger partial charge in [-0.05, 0) is 26.2 Å². The van der Waals surface area contributed by atoms with Crippen molar-refractivity contribution in [2.24, 2.45) is 11.3 Å². The van der Waals surface area contributed by atoms with Gasteiger partial charge < -0.3 is 9.47 Å². The number of hydrogen-bond donors (Lipinski definition) is 0. The topological polar surface area (TPSA) is 86.7 Å². The number of sulfone groups is 1. The lowest BCUT2D eigenvalue weighted by Crippen LogP contribution is -2.58. The maximum absolute atomic E-state index is 12.5. The molecule has 0 aromatic carbocycles. The Kier molecular flexibility index (Phi) is 2.84. The molecule has 6 nitrogen and oxygen atoms in total. The van der Waals surface area contributed by atoms with Gasteiger partial charge in [0, 0.05) is 24.7 Å². The molecule has 2 fully saturated rings. The van der Waals surface area contributed by atoms with E-state index >= 15 is 0 Å². The summed E-state index contributed by atoms with van der Waals surface area (Å²) in [5, 5.41) is 0. The predicted octanol–water partition coefficient (Wildman–Crippen LogP) is 1.31. The molecule has 3 aliphatic rings. The zero-order chi connectivity index (χ0) is 15.6. The van der Waals surface area contributed by atoms with Crippen molar-refractivity contribution in [3.05, 3.63) is 10.5 Å². The van der Waals surface area contributed by atoms with Crippen molar-refractivity contribution in [2.75, 3.05) is 5.75 Å². The molecule has 0 aromatic rings. The minimum absolute atomic E-state index is 0.0317. The third-order valence-corrected chi connectivity index (χ3v) is 6.72. The number of carbonyl (C=O) groups is 2. The molecule has 3 rings (SSSR count). The first-order valence-corrected chi connectivity index (χ1v) is 8.65. The van der Waals surface area contributed by atoms with Crippen LogP contribution >= 0.6 is 0 Å². The Morgan fingerprint density at radius 1 is 1.14 bits per heavy atom. The lowest BCUT2D eigenvalue weighted by atomic mass is 9.66. The van der Waals surface area contributed by atoms with Crippen LogP contribution in [0.3, 0.4) is 0 Å². The van der Waals surface area contributed by atoms with E-state index in [9.17, 15) is 18.0 Å². The Morgan fingerprint density at radius 2 is 1.71 bits per heavy atom. The Morgan fingerprint density at radius 3 is 2.29 bits per heavy atom. The van der Waals surface area contributed by atoms with Crippen LogP contribution in [0.5, 0.6) is 0 Å². The normalized spacial score (nSPS) is 32.6. The average molecular weight is 314 g/mol. The van der Waals surface area contributed by atoms with Crippen molar-refractivity contribution >= 4 is 21.8 Å².